The summed E-state index contributed by atoms with van der Waals surface area (Å²) in [7, 11) is 0. The van der Waals surface area contributed by atoms with E-state index in [0.717, 1.165) is 196 Å². The molecule has 2 heterocycles. The summed E-state index contributed by atoms with van der Waals surface area (Å²) in [6.07, 6.45) is 26.4. The summed E-state index contributed by atoms with van der Waals surface area (Å²) < 4.78 is 37.6. The van der Waals surface area contributed by atoms with Gasteiger partial charge >= 0.3 is 11.9 Å². The molecule has 2 aliphatic heterocycles. The van der Waals surface area contributed by atoms with E-state index >= 15 is 0 Å². The first-order valence-corrected chi connectivity index (χ1v) is 47.1. The van der Waals surface area contributed by atoms with Gasteiger partial charge in [-0.1, -0.05) is 257 Å². The molecule has 0 radical (unpaired) electrons. The van der Waals surface area contributed by atoms with Gasteiger partial charge in [-0.2, -0.15) is 0 Å². The molecule has 128 heavy (non-hydrogen) atoms. The highest BCUT2D eigenvalue weighted by molar-refractivity contribution is 6.13. The molecule has 4 amide bonds. The lowest BCUT2D eigenvalue weighted by molar-refractivity contribution is -0.138. The topological polar surface area (TPSA) is 171 Å². The smallest absolute Gasteiger partial charge is 0.342 e. The number of imide groups is 2. The van der Waals surface area contributed by atoms with Crippen LogP contribution in [0.4, 0.5) is 34.1 Å². The molecule has 0 spiro atoms. The van der Waals surface area contributed by atoms with E-state index in [1.54, 1.807) is 12.1 Å². The van der Waals surface area contributed by atoms with Gasteiger partial charge in [-0.15, -0.1) is 0 Å². The average molecular weight is 1730 g/mol. The molecule has 9 aromatic carbocycles. The molecular formula is C112H138N4O12. The third-order valence-corrected chi connectivity index (χ3v) is 24.1. The second kappa shape index (κ2) is 47.5. The first kappa shape index (κ1) is 97.1. The third-order valence-electron chi connectivity index (χ3n) is 24.1. The molecule has 11 rings (SSSR count). The SMILES string of the molecule is CC(C)(C)c1ccc(N(c2ccc(-c3ccc(OCCCCCCOc4cc(C(=O)OCCCCCCCCCCN5C(=O)C=CC5=O)c(OCCCCCCOc5ccc(-c6ccc(N(c7ccc(C(C)(C)C)cc7)c7ccc(C(C)(C)C)cc7)cc6)cc5)cc4C(=O)OCCCCCCCCCCN4C(=O)C=CC4=O)cc3)cc2)c2ccc(C(C)(C)C)cc2)cc1. The van der Waals surface area contributed by atoms with Crippen molar-refractivity contribution in [3.63, 3.8) is 0 Å². The molecule has 678 valence electrons. The Morgan fingerprint density at radius 3 is 0.695 bits per heavy atom. The zero-order chi connectivity index (χ0) is 91.1. The number of rotatable bonds is 50. The van der Waals surface area contributed by atoms with Gasteiger partial charge in [0.2, 0.25) is 0 Å². The summed E-state index contributed by atoms with van der Waals surface area (Å²) in [6, 6.07) is 73.0. The number of hydrogen-bond donors (Lipinski definition) is 0. The third kappa shape index (κ3) is 29.3. The Morgan fingerprint density at radius 2 is 0.453 bits per heavy atom. The van der Waals surface area contributed by atoms with Crippen molar-refractivity contribution >= 4 is 69.7 Å². The second-order valence-electron chi connectivity index (χ2n) is 38.3. The number of nitrogens with zero attached hydrogens (tertiary/aromatic N) is 4. The van der Waals surface area contributed by atoms with Gasteiger partial charge in [-0.3, -0.25) is 29.0 Å². The van der Waals surface area contributed by atoms with Gasteiger partial charge in [-0.05, 0) is 252 Å². The molecule has 0 aromatic heterocycles. The van der Waals surface area contributed by atoms with Crippen LogP contribution in [0.3, 0.4) is 0 Å². The summed E-state index contributed by atoms with van der Waals surface area (Å²) in [6.45, 7) is 29.9. The maximum atomic E-state index is 14.4. The number of ether oxygens (including phenoxy) is 6. The fraction of sp³-hybridized carbons (Fsp3) is 0.429. The lowest BCUT2D eigenvalue weighted by Crippen LogP contribution is -2.30. The van der Waals surface area contributed by atoms with Crippen molar-refractivity contribution in [3.05, 3.63) is 264 Å². The zero-order valence-electron chi connectivity index (χ0n) is 78.3. The van der Waals surface area contributed by atoms with Crippen LogP contribution in [0.25, 0.3) is 22.3 Å². The van der Waals surface area contributed by atoms with Crippen LogP contribution in [0.1, 0.15) is 280 Å². The quantitative estimate of drug-likeness (QED) is 0.0200. The lowest BCUT2D eigenvalue weighted by Gasteiger charge is -2.28. The Hall–Kier alpha value is -11.5. The fourth-order valence-electron chi connectivity index (χ4n) is 16.1. The van der Waals surface area contributed by atoms with Crippen molar-refractivity contribution in [3.8, 4) is 45.3 Å². The minimum absolute atomic E-state index is 0.0454. The van der Waals surface area contributed by atoms with Crippen LogP contribution in [0.15, 0.2) is 231 Å². The first-order valence-electron chi connectivity index (χ1n) is 47.1. The monoisotopic (exact) mass is 1730 g/mol. The molecule has 0 fully saturated rings. The molecule has 0 saturated heterocycles. The van der Waals surface area contributed by atoms with E-state index in [2.05, 4.69) is 263 Å². The summed E-state index contributed by atoms with van der Waals surface area (Å²) in [5.41, 5.74) is 16.7. The predicted octanol–water partition coefficient (Wildman–Crippen LogP) is 27.6. The molecule has 0 atom stereocenters. The van der Waals surface area contributed by atoms with Crippen molar-refractivity contribution in [2.75, 3.05) is 62.5 Å². The minimum Gasteiger partial charge on any atom is -0.494 e. The molecule has 0 aliphatic carbocycles. The summed E-state index contributed by atoms with van der Waals surface area (Å²) in [5, 5.41) is 0. The van der Waals surface area contributed by atoms with Crippen LogP contribution in [0.2, 0.25) is 0 Å². The molecule has 16 heteroatoms. The largest absolute Gasteiger partial charge is 0.494 e. The number of amides is 4. The highest BCUT2D eigenvalue weighted by Crippen LogP contribution is 2.42. The Balaban J connectivity index is 0.684. The number of esters is 2. The van der Waals surface area contributed by atoms with E-state index in [0.29, 0.717) is 65.2 Å². The van der Waals surface area contributed by atoms with Gasteiger partial charge in [0.1, 0.15) is 34.1 Å². The molecule has 2 aliphatic rings. The molecular weight excluding hydrogens is 1590 g/mol. The van der Waals surface area contributed by atoms with Gasteiger partial charge in [0.25, 0.3) is 23.6 Å². The Morgan fingerprint density at radius 1 is 0.250 bits per heavy atom. The van der Waals surface area contributed by atoms with E-state index in [1.165, 1.54) is 56.4 Å². The highest BCUT2D eigenvalue weighted by atomic mass is 16.5. The number of hydrogen-bond acceptors (Lipinski definition) is 14. The fourth-order valence-corrected chi connectivity index (χ4v) is 16.1. The Bertz CT molecular complexity index is 4610. The van der Waals surface area contributed by atoms with E-state index in [9.17, 15) is 28.8 Å². The number of benzene rings is 9. The number of carbonyl (C=O) groups is 6. The molecule has 0 bridgehead atoms. The van der Waals surface area contributed by atoms with E-state index in [1.807, 2.05) is 24.3 Å². The van der Waals surface area contributed by atoms with Crippen molar-refractivity contribution in [1.29, 1.82) is 0 Å². The number of unbranched alkanes of at least 4 members (excludes halogenated alkanes) is 20. The van der Waals surface area contributed by atoms with E-state index in [4.69, 9.17) is 28.4 Å². The van der Waals surface area contributed by atoms with Crippen LogP contribution in [-0.4, -0.2) is 98.1 Å². The highest BCUT2D eigenvalue weighted by Gasteiger charge is 2.28. The van der Waals surface area contributed by atoms with Crippen LogP contribution in [0.5, 0.6) is 23.0 Å². The average Bonchev–Trinajstić information content (AvgIpc) is 0.805. The lowest BCUT2D eigenvalue weighted by atomic mass is 9.86. The number of anilines is 6. The molecule has 0 N–H and O–H groups in total. The maximum absolute atomic E-state index is 14.4. The molecule has 0 saturated carbocycles. The summed E-state index contributed by atoms with van der Waals surface area (Å²) >= 11 is 0. The van der Waals surface area contributed by atoms with Gasteiger partial charge in [-0.25, -0.2) is 9.59 Å². The minimum atomic E-state index is -0.562. The van der Waals surface area contributed by atoms with Crippen molar-refractivity contribution in [2.45, 2.75) is 259 Å². The molecule has 16 nitrogen and oxygen atoms in total. The normalized spacial score (nSPS) is 12.9. The van der Waals surface area contributed by atoms with Crippen molar-refractivity contribution < 1.29 is 57.2 Å². The van der Waals surface area contributed by atoms with Gasteiger partial charge in [0.15, 0.2) is 0 Å². The number of carbonyl (C=O) groups excluding carboxylic acids is 6. The Labute approximate surface area is 762 Å². The van der Waals surface area contributed by atoms with E-state index < -0.39 is 11.9 Å². The van der Waals surface area contributed by atoms with E-state index in [-0.39, 0.29) is 81.1 Å². The van der Waals surface area contributed by atoms with Gasteiger partial charge in [0.05, 0.1) is 39.6 Å². The van der Waals surface area contributed by atoms with Crippen LogP contribution in [0, 0.1) is 0 Å². The predicted molar refractivity (Wildman–Crippen MR) is 519 cm³/mol. The van der Waals surface area contributed by atoms with Crippen molar-refractivity contribution in [2.24, 2.45) is 0 Å². The Kier molecular flexibility index (Phi) is 36.0. The van der Waals surface area contributed by atoms with Crippen LogP contribution in [-0.2, 0) is 50.3 Å². The van der Waals surface area contributed by atoms with Crippen molar-refractivity contribution in [1.82, 2.24) is 9.80 Å². The van der Waals surface area contributed by atoms with Gasteiger partial charge < -0.3 is 38.2 Å². The zero-order valence-corrected chi connectivity index (χ0v) is 78.3. The first-order chi connectivity index (χ1) is 61.5. The summed E-state index contributed by atoms with van der Waals surface area (Å²) in [5.74, 6) is -0.0110. The molecule has 0 unspecified atom stereocenters. The van der Waals surface area contributed by atoms with Crippen LogP contribution >= 0.6 is 0 Å². The maximum Gasteiger partial charge on any atom is 0.342 e. The summed E-state index contributed by atoms with van der Waals surface area (Å²) in [4.78, 5) is 83.9. The second-order valence-corrected chi connectivity index (χ2v) is 38.3. The standard InChI is InChI=1S/C112H138N4O12/c1-109(2,3)87-45-57-93(58-46-87)115(94-59-47-88(48-60-94)110(4,5)6)91-53-37-83(38-54-91)85-41-65-97(66-42-85)123-75-31-25-27-33-77-125-101-81-100(108(122)128-80-36-24-20-16-14-18-22-30-74-114-105(119)71-72-106(114)120)102(82-99(101)107(121)127-79-35-23-19-15-13-17-21-29-73-113-103(117)69-70-104(113)118)126-78-34-28-26-32-76-124-98-67-43-86(44-68-98)84-39-55-92(56-40-84)116(95-61-49-89(50-62-95)111(7,8)9)96-63-51-90(52-64-96)112(10,11)12/h37-72,81-82H,13-36,73-80H2,1-12H3. The molecule has 9 aromatic rings. The van der Waals surface area contributed by atoms with Crippen LogP contribution < -0.4 is 28.7 Å². The van der Waals surface area contributed by atoms with Gasteiger partial charge in [0, 0.05) is 71.5 Å².